The van der Waals surface area contributed by atoms with Gasteiger partial charge in [-0.3, -0.25) is 4.48 Å². The Morgan fingerprint density at radius 3 is 1.46 bits per heavy atom. The predicted molar refractivity (Wildman–Crippen MR) is 74.7 cm³/mol. The van der Waals surface area contributed by atoms with Gasteiger partial charge in [0.15, 0.2) is 6.67 Å². The van der Waals surface area contributed by atoms with Crippen molar-refractivity contribution < 1.29 is 18.3 Å². The molecule has 78 valence electrons. The Labute approximate surface area is 113 Å². The first-order valence-corrected chi connectivity index (χ1v) is 13.1. The second-order valence-corrected chi connectivity index (χ2v) is 16.3. The minimum absolute atomic E-state index is 0.628. The fourth-order valence-corrected chi connectivity index (χ4v) is 1.18. The van der Waals surface area contributed by atoms with Crippen LogP contribution in [0.15, 0.2) is 0 Å². The monoisotopic (exact) mass is 448 g/mol. The van der Waals surface area contributed by atoms with Crippen LogP contribution in [0.4, 0.5) is 0 Å². The Bertz CT molecular complexity index is 128. The molecule has 0 aliphatic heterocycles. The van der Waals surface area contributed by atoms with E-state index in [1.54, 1.807) is 0 Å². The molecule has 0 saturated carbocycles. The summed E-state index contributed by atoms with van der Waals surface area (Å²) in [6.45, 7) is 3.24. The molecule has 0 atom stereocenters. The molecule has 0 aromatic rings. The van der Waals surface area contributed by atoms with Gasteiger partial charge in [0.1, 0.15) is 0 Å². The number of halogens is 2. The average Bonchev–Trinajstić information content (AvgIpc) is 1.84. The Morgan fingerprint density at radius 2 is 1.38 bits per heavy atom. The van der Waals surface area contributed by atoms with Crippen molar-refractivity contribution in [3.63, 3.8) is 0 Å². The molecule has 0 aliphatic rings. The molecule has 0 fully saturated rings. The van der Waals surface area contributed by atoms with Crippen molar-refractivity contribution in [2.24, 2.45) is 0 Å². The molecule has 1 radical (unpaired) electrons. The molecular formula is C7H20BI2N2V+2. The zero-order chi connectivity index (χ0) is 11.1. The number of rotatable bonds is 3. The van der Waals surface area contributed by atoms with Gasteiger partial charge in [-0.1, -0.05) is 0 Å². The zero-order valence-electron chi connectivity index (χ0n) is 9.38. The summed E-state index contributed by atoms with van der Waals surface area (Å²) in [6.07, 6.45) is 0. The Balaban J connectivity index is 0. The van der Waals surface area contributed by atoms with Gasteiger partial charge in [-0.15, -0.1) is 0 Å². The maximum atomic E-state index is 2.37. The van der Waals surface area contributed by atoms with Crippen molar-refractivity contribution in [2.75, 3.05) is 41.9 Å². The molecule has 0 amide bonds. The van der Waals surface area contributed by atoms with Crippen LogP contribution in [0, 0.1) is 0 Å². The topological polar surface area (TPSA) is 0 Å². The Morgan fingerprint density at radius 1 is 1.08 bits per heavy atom. The van der Waals surface area contributed by atoms with Gasteiger partial charge in [-0.05, 0) is 6.82 Å². The molecule has 0 unspecified atom stereocenters. The molecule has 0 saturated heterocycles. The summed E-state index contributed by atoms with van der Waals surface area (Å²) >= 11 is 4.74. The van der Waals surface area contributed by atoms with Crippen LogP contribution < -0.4 is 0 Å². The van der Waals surface area contributed by atoms with Gasteiger partial charge in [0.05, 0.1) is 35.2 Å². The van der Waals surface area contributed by atoms with Gasteiger partial charge >= 0.3 is 56.8 Å². The first-order chi connectivity index (χ1) is 5.68. The van der Waals surface area contributed by atoms with Crippen molar-refractivity contribution >= 4 is 47.4 Å². The summed E-state index contributed by atoms with van der Waals surface area (Å²) in [5.41, 5.74) is 0. The van der Waals surface area contributed by atoms with Crippen molar-refractivity contribution in [1.82, 2.24) is 0 Å². The summed E-state index contributed by atoms with van der Waals surface area (Å²) < 4.78 is 1.99. The maximum absolute atomic E-state index is 2.37. The van der Waals surface area contributed by atoms with E-state index >= 15 is 0 Å². The fourth-order valence-electron chi connectivity index (χ4n) is 1.18. The van der Waals surface area contributed by atoms with Gasteiger partial charge < -0.3 is 4.39 Å². The van der Waals surface area contributed by atoms with E-state index in [1.807, 2.05) is 0 Å². The second-order valence-electron chi connectivity index (χ2n) is 4.53. The molecule has 0 aromatic carbocycles. The molecule has 0 aromatic heterocycles. The molecular weight excluding hydrogens is 428 g/mol. The van der Waals surface area contributed by atoms with Crippen molar-refractivity contribution in [3.8, 4) is 0 Å². The summed E-state index contributed by atoms with van der Waals surface area (Å²) in [4.78, 5) is 0. The third-order valence-corrected chi connectivity index (χ3v) is 1.49. The summed E-state index contributed by atoms with van der Waals surface area (Å²) in [5, 5.41) is 0. The van der Waals surface area contributed by atoms with Crippen LogP contribution in [-0.2, 0) is 9.47 Å². The van der Waals surface area contributed by atoms with Crippen molar-refractivity contribution in [2.45, 2.75) is 6.82 Å². The summed E-state index contributed by atoms with van der Waals surface area (Å²) in [5.74, 6) is 0. The first kappa shape index (κ1) is 17.4. The number of nitrogens with zero attached hydrogens (tertiary/aromatic N) is 2. The van der Waals surface area contributed by atoms with Crippen LogP contribution in [0.2, 0.25) is 6.82 Å². The van der Waals surface area contributed by atoms with Gasteiger partial charge in [0, 0.05) is 0 Å². The average molecular weight is 448 g/mol. The number of hydrogen-bond acceptors (Lipinski definition) is 0. The SMILES string of the molecule is C[B][N+](C)(C)C[N+](C)(C)C.[I][V][I]. The third kappa shape index (κ3) is 16.7. The van der Waals surface area contributed by atoms with Gasteiger partial charge in [-0.2, -0.15) is 0 Å². The van der Waals surface area contributed by atoms with Crippen LogP contribution in [0.5, 0.6) is 0 Å². The standard InChI is InChI=1S/C7H20BN2.2HI.V/c1-8-10(5,6)7-9(2,3)4;;;/h7H2,1-6H3;2*1H;/q+2;;;+2/p-2. The predicted octanol–water partition coefficient (Wildman–Crippen LogP) is 2.16. The number of hydrogen-bond donors (Lipinski definition) is 0. The molecule has 6 heteroatoms. The first-order valence-electron chi connectivity index (χ1n) is 4.04. The third-order valence-electron chi connectivity index (χ3n) is 1.49. The van der Waals surface area contributed by atoms with Crippen LogP contribution in [-0.4, -0.2) is 58.2 Å². The van der Waals surface area contributed by atoms with Crippen LogP contribution in [0.1, 0.15) is 0 Å². The van der Waals surface area contributed by atoms with Crippen LogP contribution in [0.25, 0.3) is 0 Å². The van der Waals surface area contributed by atoms with E-state index in [4.69, 9.17) is 0 Å². The number of quaternary nitrogens is 2. The minimum atomic E-state index is 0.628. The molecule has 0 spiro atoms. The van der Waals surface area contributed by atoms with E-state index in [1.165, 1.54) is 0 Å². The van der Waals surface area contributed by atoms with E-state index in [0.29, 0.717) is 9.47 Å². The second kappa shape index (κ2) is 8.21. The van der Waals surface area contributed by atoms with Gasteiger partial charge in [-0.25, -0.2) is 0 Å². The molecule has 0 aliphatic carbocycles. The van der Waals surface area contributed by atoms with Crippen LogP contribution >= 0.6 is 40.0 Å². The van der Waals surface area contributed by atoms with E-state index in [2.05, 4.69) is 89.4 Å². The summed E-state index contributed by atoms with van der Waals surface area (Å²) in [7, 11) is 13.9. The zero-order valence-corrected chi connectivity index (χ0v) is 15.1. The van der Waals surface area contributed by atoms with E-state index in [-0.39, 0.29) is 0 Å². The molecule has 0 heterocycles. The van der Waals surface area contributed by atoms with E-state index < -0.39 is 0 Å². The Hall–Kier alpha value is 2.03. The fraction of sp³-hybridized carbons (Fsp3) is 1.00. The van der Waals surface area contributed by atoms with Gasteiger partial charge in [0.25, 0.3) is 0 Å². The van der Waals surface area contributed by atoms with E-state index in [9.17, 15) is 0 Å². The molecule has 0 bridgehead atoms. The van der Waals surface area contributed by atoms with Crippen molar-refractivity contribution in [3.05, 3.63) is 0 Å². The molecule has 13 heavy (non-hydrogen) atoms. The van der Waals surface area contributed by atoms with Crippen molar-refractivity contribution in [1.29, 1.82) is 0 Å². The quantitative estimate of drug-likeness (QED) is 0.269. The normalized spacial score (nSPS) is 11.4. The molecule has 0 rings (SSSR count). The van der Waals surface area contributed by atoms with E-state index in [0.717, 1.165) is 15.5 Å². The van der Waals surface area contributed by atoms with Gasteiger partial charge in [0.2, 0.25) is 0 Å². The molecule has 2 nitrogen and oxygen atoms in total. The van der Waals surface area contributed by atoms with Crippen LogP contribution in [0.3, 0.4) is 0 Å². The summed E-state index contributed by atoms with van der Waals surface area (Å²) in [6, 6.07) is 0. The Kier molecular flexibility index (Phi) is 11.0. The molecule has 0 N–H and O–H groups in total.